The van der Waals surface area contributed by atoms with E-state index in [-0.39, 0.29) is 12.1 Å². The molecule has 2 aliphatic heterocycles. The van der Waals surface area contributed by atoms with E-state index in [1.807, 2.05) is 67.5 Å². The quantitative estimate of drug-likeness (QED) is 0.703. The van der Waals surface area contributed by atoms with Crippen LogP contribution in [0.1, 0.15) is 72.6 Å². The zero-order valence-corrected chi connectivity index (χ0v) is 19.2. The number of ether oxygens (including phenoxy) is 2. The first-order chi connectivity index (χ1) is 13.3. The Balaban J connectivity index is 1.98. The summed E-state index contributed by atoms with van der Waals surface area (Å²) in [7, 11) is 1.15. The largest absolute Gasteiger partial charge is 0.498 e. The van der Waals surface area contributed by atoms with Crippen molar-refractivity contribution in [3.05, 3.63) is 23.3 Å². The number of nitrogens with zero attached hydrogens (tertiary/aromatic N) is 1. The Hall–Kier alpha value is -1.73. The molecule has 2 aliphatic rings. The van der Waals surface area contributed by atoms with Crippen LogP contribution in [0.25, 0.3) is 0 Å². The molecule has 0 aromatic heterocycles. The lowest BCUT2D eigenvalue weighted by atomic mass is 9.71. The maximum atomic E-state index is 12.7. The average Bonchev–Trinajstić information content (AvgIpc) is 2.79. The van der Waals surface area contributed by atoms with Crippen LogP contribution in [-0.2, 0) is 20.5 Å². The van der Waals surface area contributed by atoms with Crippen LogP contribution in [0.4, 0.5) is 4.79 Å². The summed E-state index contributed by atoms with van der Waals surface area (Å²) < 4.78 is 23.9. The van der Waals surface area contributed by atoms with Crippen LogP contribution in [0, 0.1) is 0 Å². The Labute approximate surface area is 175 Å². The molecular formula is C22H34BNO5. The maximum Gasteiger partial charge on any atom is 0.498 e. The highest BCUT2D eigenvalue weighted by Crippen LogP contribution is 2.39. The molecule has 1 fully saturated rings. The standard InChI is InChI=1S/C22H34BNO5/c1-14-15-10-11-17(26-9)18(23-28-21(5,6)22(7,8)29-23)16(15)12-13-24(14)19(25)27-20(2,3)4/h10-11,14H,12-13H2,1-9H3/t14-/m1/s1. The van der Waals surface area contributed by atoms with Gasteiger partial charge in [0.15, 0.2) is 0 Å². The summed E-state index contributed by atoms with van der Waals surface area (Å²) in [5.41, 5.74) is 1.75. The summed E-state index contributed by atoms with van der Waals surface area (Å²) in [5.74, 6) is 0.750. The monoisotopic (exact) mass is 403 g/mol. The fourth-order valence-corrected chi connectivity index (χ4v) is 3.89. The van der Waals surface area contributed by atoms with Crippen molar-refractivity contribution in [3.63, 3.8) is 0 Å². The van der Waals surface area contributed by atoms with Gasteiger partial charge in [-0.25, -0.2) is 4.79 Å². The molecule has 0 unspecified atom stereocenters. The van der Waals surface area contributed by atoms with Gasteiger partial charge in [-0.15, -0.1) is 0 Å². The third-order valence-electron chi connectivity index (χ3n) is 6.21. The van der Waals surface area contributed by atoms with Crippen LogP contribution in [0.5, 0.6) is 5.75 Å². The van der Waals surface area contributed by atoms with Crippen molar-refractivity contribution < 1.29 is 23.6 Å². The van der Waals surface area contributed by atoms with Gasteiger partial charge in [0.05, 0.1) is 24.4 Å². The topological polar surface area (TPSA) is 57.2 Å². The molecule has 1 aromatic rings. The van der Waals surface area contributed by atoms with Crippen LogP contribution in [0.2, 0.25) is 0 Å². The molecule has 1 aromatic carbocycles. The molecule has 1 saturated heterocycles. The molecule has 29 heavy (non-hydrogen) atoms. The third-order valence-corrected chi connectivity index (χ3v) is 6.21. The van der Waals surface area contributed by atoms with Crippen LogP contribution >= 0.6 is 0 Å². The molecule has 0 bridgehead atoms. The lowest BCUT2D eigenvalue weighted by molar-refractivity contribution is 0.00578. The van der Waals surface area contributed by atoms with E-state index in [2.05, 4.69) is 0 Å². The van der Waals surface area contributed by atoms with Gasteiger partial charge in [-0.05, 0) is 79.0 Å². The smallest absolute Gasteiger partial charge is 0.497 e. The minimum absolute atomic E-state index is 0.110. The summed E-state index contributed by atoms with van der Waals surface area (Å²) in [4.78, 5) is 14.5. The second kappa shape index (κ2) is 7.20. The Kier molecular flexibility index (Phi) is 5.46. The van der Waals surface area contributed by atoms with Crippen molar-refractivity contribution in [2.24, 2.45) is 0 Å². The zero-order valence-electron chi connectivity index (χ0n) is 19.2. The van der Waals surface area contributed by atoms with Gasteiger partial charge in [0.1, 0.15) is 11.4 Å². The number of carbonyl (C=O) groups is 1. The van der Waals surface area contributed by atoms with E-state index >= 15 is 0 Å². The number of hydrogen-bond donors (Lipinski definition) is 0. The van der Waals surface area contributed by atoms with Crippen LogP contribution < -0.4 is 10.2 Å². The molecule has 0 saturated carbocycles. The van der Waals surface area contributed by atoms with Gasteiger partial charge in [0.25, 0.3) is 0 Å². The number of amides is 1. The van der Waals surface area contributed by atoms with Crippen LogP contribution in [-0.4, -0.2) is 48.6 Å². The van der Waals surface area contributed by atoms with Gasteiger partial charge in [-0.1, -0.05) is 6.07 Å². The predicted octanol–water partition coefficient (Wildman–Crippen LogP) is 3.85. The van der Waals surface area contributed by atoms with E-state index in [1.165, 1.54) is 0 Å². The summed E-state index contributed by atoms with van der Waals surface area (Å²) in [6.45, 7) is 16.4. The van der Waals surface area contributed by atoms with Crippen LogP contribution in [0.3, 0.4) is 0 Å². The SMILES string of the molecule is COc1ccc2c(c1B1OC(C)(C)C(C)(C)O1)CCN(C(=O)OC(C)(C)C)[C@@H]2C. The average molecular weight is 403 g/mol. The van der Waals surface area contributed by atoms with Crippen molar-refractivity contribution in [1.82, 2.24) is 4.90 Å². The lowest BCUT2D eigenvalue weighted by Gasteiger charge is -2.37. The van der Waals surface area contributed by atoms with Crippen LogP contribution in [0.15, 0.2) is 12.1 Å². The number of hydrogen-bond acceptors (Lipinski definition) is 5. The first-order valence-electron chi connectivity index (χ1n) is 10.3. The fourth-order valence-electron chi connectivity index (χ4n) is 3.89. The molecule has 7 heteroatoms. The van der Waals surface area contributed by atoms with Crippen molar-refractivity contribution in [2.75, 3.05) is 13.7 Å². The van der Waals surface area contributed by atoms with Gasteiger partial charge in [-0.2, -0.15) is 0 Å². The highest BCUT2D eigenvalue weighted by atomic mass is 16.7. The fraction of sp³-hybridized carbons (Fsp3) is 0.682. The molecule has 160 valence electrons. The molecule has 3 rings (SSSR count). The Morgan fingerprint density at radius 1 is 1.17 bits per heavy atom. The molecule has 6 nitrogen and oxygen atoms in total. The molecule has 0 spiro atoms. The van der Waals surface area contributed by atoms with Crippen molar-refractivity contribution in [1.29, 1.82) is 0 Å². The minimum atomic E-state index is -0.523. The molecule has 2 heterocycles. The van der Waals surface area contributed by atoms with Gasteiger partial charge < -0.3 is 23.7 Å². The Morgan fingerprint density at radius 3 is 2.28 bits per heavy atom. The summed E-state index contributed by atoms with van der Waals surface area (Å²) in [5, 5.41) is 0. The first-order valence-corrected chi connectivity index (χ1v) is 10.3. The van der Waals surface area contributed by atoms with Crippen molar-refractivity contribution in [2.45, 2.75) is 84.7 Å². The summed E-state index contributed by atoms with van der Waals surface area (Å²) in [6, 6.07) is 3.86. The molecule has 0 radical (unpaired) electrons. The second-order valence-electron chi connectivity index (χ2n) is 9.94. The van der Waals surface area contributed by atoms with Gasteiger partial charge in [0, 0.05) is 12.0 Å². The Morgan fingerprint density at radius 2 is 1.76 bits per heavy atom. The summed E-state index contributed by atoms with van der Waals surface area (Å²) >= 11 is 0. The van der Waals surface area contributed by atoms with Gasteiger partial charge in [-0.3, -0.25) is 0 Å². The number of methoxy groups -OCH3 is 1. The first kappa shape index (κ1) is 22.0. The lowest BCUT2D eigenvalue weighted by Crippen LogP contribution is -2.46. The normalized spacial score (nSPS) is 23.0. The Bertz CT molecular complexity index is 783. The van der Waals surface area contributed by atoms with E-state index in [1.54, 1.807) is 12.0 Å². The second-order valence-corrected chi connectivity index (χ2v) is 9.94. The van der Waals surface area contributed by atoms with E-state index < -0.39 is 23.9 Å². The highest BCUT2D eigenvalue weighted by Gasteiger charge is 2.53. The maximum absolute atomic E-state index is 12.7. The predicted molar refractivity (Wildman–Crippen MR) is 114 cm³/mol. The molecule has 0 N–H and O–H groups in total. The van der Waals surface area contributed by atoms with E-state index in [4.69, 9.17) is 18.8 Å². The highest BCUT2D eigenvalue weighted by molar-refractivity contribution is 6.63. The number of benzene rings is 1. The number of fused-ring (bicyclic) bond motifs is 1. The molecular weight excluding hydrogens is 369 g/mol. The minimum Gasteiger partial charge on any atom is -0.497 e. The molecule has 0 aliphatic carbocycles. The van der Waals surface area contributed by atoms with Crippen molar-refractivity contribution in [3.8, 4) is 5.75 Å². The van der Waals surface area contributed by atoms with Crippen molar-refractivity contribution >= 4 is 18.7 Å². The summed E-state index contributed by atoms with van der Waals surface area (Å²) in [6.07, 6.45) is 0.402. The van der Waals surface area contributed by atoms with E-state index in [0.29, 0.717) is 13.0 Å². The molecule has 1 atom stereocenters. The zero-order chi connectivity index (χ0) is 21.8. The molecule has 1 amide bonds. The van der Waals surface area contributed by atoms with E-state index in [9.17, 15) is 4.79 Å². The van der Waals surface area contributed by atoms with Gasteiger partial charge in [0.2, 0.25) is 0 Å². The van der Waals surface area contributed by atoms with E-state index in [0.717, 1.165) is 22.3 Å². The third kappa shape index (κ3) is 3.99. The number of carbonyl (C=O) groups excluding carboxylic acids is 1. The number of rotatable bonds is 2. The van der Waals surface area contributed by atoms with Gasteiger partial charge >= 0.3 is 13.2 Å².